The van der Waals surface area contributed by atoms with Gasteiger partial charge in [0, 0.05) is 17.8 Å². The lowest BCUT2D eigenvalue weighted by Crippen LogP contribution is -1.98. The Morgan fingerprint density at radius 2 is 2.23 bits per heavy atom. The van der Waals surface area contributed by atoms with E-state index in [-0.39, 0.29) is 11.7 Å². The first-order valence-electron chi connectivity index (χ1n) is 4.17. The Bertz CT molecular complexity index is 433. The first-order chi connectivity index (χ1) is 6.18. The standard InChI is InChI=1S/C9H10FN3/c1-6(2)7-4-13-9(3-8(7)10)11-5-12-13/h3-6H,1-2H3. The molecule has 0 atom stereocenters. The highest BCUT2D eigenvalue weighted by Crippen LogP contribution is 2.18. The third-order valence-corrected chi connectivity index (χ3v) is 2.02. The average molecular weight is 179 g/mol. The molecule has 0 aromatic carbocycles. The van der Waals surface area contributed by atoms with Gasteiger partial charge in [-0.2, -0.15) is 5.10 Å². The summed E-state index contributed by atoms with van der Waals surface area (Å²) in [7, 11) is 0. The molecule has 13 heavy (non-hydrogen) atoms. The molecule has 4 heteroatoms. The van der Waals surface area contributed by atoms with Crippen molar-refractivity contribution in [3.8, 4) is 0 Å². The second-order valence-corrected chi connectivity index (χ2v) is 3.29. The third kappa shape index (κ3) is 1.28. The lowest BCUT2D eigenvalue weighted by atomic mass is 10.1. The largest absolute Gasteiger partial charge is 0.221 e. The number of nitrogens with zero attached hydrogens (tertiary/aromatic N) is 3. The summed E-state index contributed by atoms with van der Waals surface area (Å²) < 4.78 is 14.9. The molecule has 2 heterocycles. The fourth-order valence-electron chi connectivity index (χ4n) is 1.28. The Labute approximate surface area is 75.2 Å². The van der Waals surface area contributed by atoms with Crippen molar-refractivity contribution in [1.82, 2.24) is 14.6 Å². The van der Waals surface area contributed by atoms with Gasteiger partial charge in [-0.3, -0.25) is 0 Å². The van der Waals surface area contributed by atoms with E-state index in [1.807, 2.05) is 13.8 Å². The summed E-state index contributed by atoms with van der Waals surface area (Å²) in [4.78, 5) is 3.89. The Morgan fingerprint density at radius 3 is 2.92 bits per heavy atom. The van der Waals surface area contributed by atoms with Crippen LogP contribution in [-0.2, 0) is 0 Å². The SMILES string of the molecule is CC(C)c1cn2ncnc2cc1F. The highest BCUT2D eigenvalue weighted by molar-refractivity contribution is 5.39. The van der Waals surface area contributed by atoms with Crippen molar-refractivity contribution in [2.24, 2.45) is 0 Å². The van der Waals surface area contributed by atoms with Crippen molar-refractivity contribution in [2.45, 2.75) is 19.8 Å². The van der Waals surface area contributed by atoms with Crippen LogP contribution in [0.1, 0.15) is 25.3 Å². The smallest absolute Gasteiger partial charge is 0.158 e. The number of aromatic nitrogens is 3. The minimum Gasteiger partial charge on any atom is -0.221 e. The predicted octanol–water partition coefficient (Wildman–Crippen LogP) is 1.99. The van der Waals surface area contributed by atoms with Crippen molar-refractivity contribution >= 4 is 5.65 Å². The molecule has 0 aliphatic carbocycles. The topological polar surface area (TPSA) is 30.2 Å². The van der Waals surface area contributed by atoms with Crippen LogP contribution in [0, 0.1) is 5.82 Å². The fourth-order valence-corrected chi connectivity index (χ4v) is 1.28. The van der Waals surface area contributed by atoms with Crippen LogP contribution in [-0.4, -0.2) is 14.6 Å². The van der Waals surface area contributed by atoms with E-state index in [0.717, 1.165) is 0 Å². The Morgan fingerprint density at radius 1 is 1.46 bits per heavy atom. The predicted molar refractivity (Wildman–Crippen MR) is 47.0 cm³/mol. The van der Waals surface area contributed by atoms with Gasteiger partial charge < -0.3 is 0 Å². The first kappa shape index (κ1) is 8.16. The molecule has 0 spiro atoms. The van der Waals surface area contributed by atoms with Gasteiger partial charge in [-0.05, 0) is 5.92 Å². The van der Waals surface area contributed by atoms with Crippen LogP contribution in [0.2, 0.25) is 0 Å². The molecule has 0 aliphatic rings. The van der Waals surface area contributed by atoms with Gasteiger partial charge >= 0.3 is 0 Å². The lowest BCUT2D eigenvalue weighted by molar-refractivity contribution is 0.593. The molecular weight excluding hydrogens is 169 g/mol. The molecule has 0 fully saturated rings. The molecule has 0 N–H and O–H groups in total. The van der Waals surface area contributed by atoms with Crippen LogP contribution in [0.3, 0.4) is 0 Å². The Hall–Kier alpha value is -1.45. The van der Waals surface area contributed by atoms with E-state index in [9.17, 15) is 4.39 Å². The zero-order valence-corrected chi connectivity index (χ0v) is 7.53. The monoisotopic (exact) mass is 179 g/mol. The quantitative estimate of drug-likeness (QED) is 0.670. The number of fused-ring (bicyclic) bond motifs is 1. The molecular formula is C9H10FN3. The summed E-state index contributed by atoms with van der Waals surface area (Å²) in [6, 6.07) is 1.41. The Kier molecular flexibility index (Phi) is 1.76. The summed E-state index contributed by atoms with van der Waals surface area (Å²) >= 11 is 0. The minimum atomic E-state index is -0.212. The lowest BCUT2D eigenvalue weighted by Gasteiger charge is -2.06. The third-order valence-electron chi connectivity index (χ3n) is 2.02. The highest BCUT2D eigenvalue weighted by Gasteiger charge is 2.08. The summed E-state index contributed by atoms with van der Waals surface area (Å²) in [5, 5.41) is 3.94. The molecule has 0 bridgehead atoms. The summed E-state index contributed by atoms with van der Waals surface area (Å²) in [6.45, 7) is 3.89. The molecule has 2 rings (SSSR count). The minimum absolute atomic E-state index is 0.161. The Balaban J connectivity index is 2.69. The maximum atomic E-state index is 13.4. The van der Waals surface area contributed by atoms with E-state index in [1.54, 1.807) is 10.7 Å². The van der Waals surface area contributed by atoms with Crippen molar-refractivity contribution < 1.29 is 4.39 Å². The average Bonchev–Trinajstić information content (AvgIpc) is 2.48. The van der Waals surface area contributed by atoms with Gasteiger partial charge in [0.2, 0.25) is 0 Å². The van der Waals surface area contributed by atoms with Crippen LogP contribution < -0.4 is 0 Å². The van der Waals surface area contributed by atoms with Crippen LogP contribution in [0.25, 0.3) is 5.65 Å². The van der Waals surface area contributed by atoms with Gasteiger partial charge in [0.25, 0.3) is 0 Å². The van der Waals surface area contributed by atoms with Crippen LogP contribution in [0.5, 0.6) is 0 Å². The van der Waals surface area contributed by atoms with Crippen LogP contribution >= 0.6 is 0 Å². The molecule has 2 aromatic rings. The maximum absolute atomic E-state index is 13.4. The molecule has 0 saturated heterocycles. The number of hydrogen-bond acceptors (Lipinski definition) is 2. The molecule has 2 aromatic heterocycles. The van der Waals surface area contributed by atoms with E-state index < -0.39 is 0 Å². The molecule has 0 radical (unpaired) electrons. The summed E-state index contributed by atoms with van der Waals surface area (Å²) in [5.41, 5.74) is 1.21. The number of pyridine rings is 1. The molecule has 0 saturated carbocycles. The van der Waals surface area contributed by atoms with Crippen molar-refractivity contribution in [3.05, 3.63) is 30.0 Å². The van der Waals surface area contributed by atoms with Gasteiger partial charge in [-0.15, -0.1) is 0 Å². The van der Waals surface area contributed by atoms with Gasteiger partial charge in [0.1, 0.15) is 12.1 Å². The van der Waals surface area contributed by atoms with Gasteiger partial charge in [0.05, 0.1) is 0 Å². The second kappa shape index (κ2) is 2.80. The van der Waals surface area contributed by atoms with Crippen molar-refractivity contribution in [1.29, 1.82) is 0 Å². The fraction of sp³-hybridized carbons (Fsp3) is 0.333. The molecule has 0 amide bonds. The van der Waals surface area contributed by atoms with Gasteiger partial charge in [-0.25, -0.2) is 13.9 Å². The van der Waals surface area contributed by atoms with E-state index >= 15 is 0 Å². The molecule has 0 aliphatic heterocycles. The number of halogens is 1. The van der Waals surface area contributed by atoms with Crippen LogP contribution in [0.15, 0.2) is 18.6 Å². The van der Waals surface area contributed by atoms with Gasteiger partial charge in [0.15, 0.2) is 5.65 Å². The van der Waals surface area contributed by atoms with Gasteiger partial charge in [-0.1, -0.05) is 13.8 Å². The maximum Gasteiger partial charge on any atom is 0.158 e. The summed E-state index contributed by atoms with van der Waals surface area (Å²) in [6.07, 6.45) is 3.10. The zero-order chi connectivity index (χ0) is 9.42. The van der Waals surface area contributed by atoms with E-state index in [0.29, 0.717) is 11.2 Å². The molecule has 3 nitrogen and oxygen atoms in total. The number of hydrogen-bond donors (Lipinski definition) is 0. The number of rotatable bonds is 1. The van der Waals surface area contributed by atoms with Crippen molar-refractivity contribution in [2.75, 3.05) is 0 Å². The first-order valence-corrected chi connectivity index (χ1v) is 4.17. The van der Waals surface area contributed by atoms with Crippen LogP contribution in [0.4, 0.5) is 4.39 Å². The molecule has 68 valence electrons. The van der Waals surface area contributed by atoms with Crippen molar-refractivity contribution in [3.63, 3.8) is 0 Å². The normalized spacial score (nSPS) is 11.4. The van der Waals surface area contributed by atoms with E-state index in [1.165, 1.54) is 12.4 Å². The van der Waals surface area contributed by atoms with E-state index in [2.05, 4.69) is 10.1 Å². The zero-order valence-electron chi connectivity index (χ0n) is 7.53. The molecule has 0 unspecified atom stereocenters. The summed E-state index contributed by atoms with van der Waals surface area (Å²) in [5.74, 6) is -0.0518. The highest BCUT2D eigenvalue weighted by atomic mass is 19.1. The second-order valence-electron chi connectivity index (χ2n) is 3.29. The van der Waals surface area contributed by atoms with E-state index in [4.69, 9.17) is 0 Å².